The maximum atomic E-state index is 12.4. The van der Waals surface area contributed by atoms with Crippen molar-refractivity contribution in [2.24, 2.45) is 0 Å². The number of aromatic nitrogens is 2. The van der Waals surface area contributed by atoms with Gasteiger partial charge in [0.15, 0.2) is 5.82 Å². The topological polar surface area (TPSA) is 71.3 Å². The zero-order valence-electron chi connectivity index (χ0n) is 12.2. The molecule has 1 N–H and O–H groups in total. The van der Waals surface area contributed by atoms with E-state index in [4.69, 9.17) is 4.52 Å². The Balaban J connectivity index is 1.74. The van der Waals surface area contributed by atoms with Crippen molar-refractivity contribution in [3.63, 3.8) is 0 Å². The van der Waals surface area contributed by atoms with Crippen LogP contribution in [0.15, 0.2) is 28.8 Å². The van der Waals surface area contributed by atoms with E-state index in [1.54, 1.807) is 11.8 Å². The molecule has 1 aliphatic rings. The first-order chi connectivity index (χ1) is 10.1. The Labute approximate surface area is 123 Å². The summed E-state index contributed by atoms with van der Waals surface area (Å²) in [7, 11) is 0. The van der Waals surface area contributed by atoms with Crippen molar-refractivity contribution in [1.82, 2.24) is 15.0 Å². The summed E-state index contributed by atoms with van der Waals surface area (Å²) in [5, 5.41) is 6.73. The average Bonchev–Trinajstić information content (AvgIpc) is 3.06. The zero-order chi connectivity index (χ0) is 14.8. The smallest absolute Gasteiger partial charge is 0.322 e. The number of aryl methyl sites for hydroxylation is 2. The molecule has 2 amide bonds. The van der Waals surface area contributed by atoms with Gasteiger partial charge < -0.3 is 14.7 Å². The number of urea groups is 1. The second-order valence-electron chi connectivity index (χ2n) is 5.33. The lowest BCUT2D eigenvalue weighted by atomic mass is 10.2. The van der Waals surface area contributed by atoms with Crippen LogP contribution in [0.4, 0.5) is 10.5 Å². The zero-order valence-corrected chi connectivity index (χ0v) is 12.2. The molecular formula is C15H18N4O2. The first kappa shape index (κ1) is 13.6. The van der Waals surface area contributed by atoms with Gasteiger partial charge in [-0.15, -0.1) is 0 Å². The fourth-order valence-electron chi connectivity index (χ4n) is 2.63. The minimum absolute atomic E-state index is 0.126. The predicted octanol–water partition coefficient (Wildman–Crippen LogP) is 3.06. The van der Waals surface area contributed by atoms with Gasteiger partial charge in [0, 0.05) is 12.2 Å². The van der Waals surface area contributed by atoms with Crippen LogP contribution >= 0.6 is 0 Å². The first-order valence-electron chi connectivity index (χ1n) is 7.08. The molecule has 6 nitrogen and oxygen atoms in total. The van der Waals surface area contributed by atoms with Gasteiger partial charge in [0.1, 0.15) is 6.04 Å². The number of likely N-dealkylation sites (tertiary alicyclic amines) is 1. The number of amides is 2. The van der Waals surface area contributed by atoms with Crippen LogP contribution in [0, 0.1) is 13.8 Å². The summed E-state index contributed by atoms with van der Waals surface area (Å²) < 4.78 is 5.22. The van der Waals surface area contributed by atoms with Gasteiger partial charge in [-0.1, -0.05) is 17.3 Å². The molecule has 2 aromatic rings. The molecular weight excluding hydrogens is 268 g/mol. The second kappa shape index (κ2) is 5.55. The number of nitrogens with one attached hydrogen (secondary N) is 1. The van der Waals surface area contributed by atoms with Crippen LogP contribution in [0.3, 0.4) is 0 Å². The number of rotatable bonds is 2. The molecule has 2 heterocycles. The molecule has 1 unspecified atom stereocenters. The molecule has 1 aromatic carbocycles. The molecule has 1 saturated heterocycles. The van der Waals surface area contributed by atoms with Gasteiger partial charge in [0.05, 0.1) is 0 Å². The largest absolute Gasteiger partial charge is 0.337 e. The fraction of sp³-hybridized carbons (Fsp3) is 0.400. The normalized spacial score (nSPS) is 18.0. The summed E-state index contributed by atoms with van der Waals surface area (Å²) in [6.07, 6.45) is 1.79. The Morgan fingerprint density at radius 3 is 3.00 bits per heavy atom. The van der Waals surface area contributed by atoms with Crippen molar-refractivity contribution in [1.29, 1.82) is 0 Å². The number of benzene rings is 1. The third kappa shape index (κ3) is 2.89. The third-order valence-corrected chi connectivity index (χ3v) is 3.61. The van der Waals surface area contributed by atoms with E-state index < -0.39 is 0 Å². The molecule has 6 heteroatoms. The highest BCUT2D eigenvalue weighted by molar-refractivity contribution is 5.89. The Bertz CT molecular complexity index is 653. The molecule has 110 valence electrons. The maximum absolute atomic E-state index is 12.4. The molecule has 0 bridgehead atoms. The highest BCUT2D eigenvalue weighted by Gasteiger charge is 2.33. The van der Waals surface area contributed by atoms with E-state index in [9.17, 15) is 4.79 Å². The lowest BCUT2D eigenvalue weighted by molar-refractivity contribution is 0.193. The number of carbonyl (C=O) groups excluding carboxylic acids is 1. The minimum atomic E-state index is -0.129. The SMILES string of the molecule is Cc1cccc(NC(=O)N2CCCC2c2nc(C)no2)c1. The predicted molar refractivity (Wildman–Crippen MR) is 77.9 cm³/mol. The lowest BCUT2D eigenvalue weighted by Crippen LogP contribution is -2.34. The van der Waals surface area contributed by atoms with Gasteiger partial charge in [-0.2, -0.15) is 4.98 Å². The average molecular weight is 286 g/mol. The quantitative estimate of drug-likeness (QED) is 0.921. The second-order valence-corrected chi connectivity index (χ2v) is 5.33. The van der Waals surface area contributed by atoms with Gasteiger partial charge >= 0.3 is 6.03 Å². The summed E-state index contributed by atoms with van der Waals surface area (Å²) in [6, 6.07) is 7.49. The van der Waals surface area contributed by atoms with Crippen LogP contribution in [0.1, 0.15) is 36.2 Å². The summed E-state index contributed by atoms with van der Waals surface area (Å²) >= 11 is 0. The van der Waals surface area contributed by atoms with E-state index >= 15 is 0 Å². The van der Waals surface area contributed by atoms with Crippen molar-refractivity contribution in [3.05, 3.63) is 41.5 Å². The Morgan fingerprint density at radius 2 is 2.29 bits per heavy atom. The Morgan fingerprint density at radius 1 is 1.43 bits per heavy atom. The first-order valence-corrected chi connectivity index (χ1v) is 7.08. The van der Waals surface area contributed by atoms with Gasteiger partial charge in [-0.25, -0.2) is 4.79 Å². The van der Waals surface area contributed by atoms with E-state index in [1.807, 2.05) is 31.2 Å². The number of carbonyl (C=O) groups is 1. The third-order valence-electron chi connectivity index (χ3n) is 3.61. The van der Waals surface area contributed by atoms with E-state index in [0.717, 1.165) is 24.1 Å². The van der Waals surface area contributed by atoms with Crippen molar-refractivity contribution in [2.45, 2.75) is 32.7 Å². The van der Waals surface area contributed by atoms with Crippen LogP contribution in [0.5, 0.6) is 0 Å². The van der Waals surface area contributed by atoms with Crippen LogP contribution in [-0.4, -0.2) is 27.6 Å². The molecule has 1 aliphatic heterocycles. The van der Waals surface area contributed by atoms with Crippen LogP contribution in [0.25, 0.3) is 0 Å². The highest BCUT2D eigenvalue weighted by Crippen LogP contribution is 2.31. The van der Waals surface area contributed by atoms with E-state index in [0.29, 0.717) is 18.3 Å². The standard InChI is InChI=1S/C15H18N4O2/c1-10-5-3-6-12(9-10)17-15(20)19-8-4-7-13(19)14-16-11(2)18-21-14/h3,5-6,9,13H,4,7-8H2,1-2H3,(H,17,20). The van der Waals surface area contributed by atoms with Gasteiger partial charge in [0.25, 0.3) is 0 Å². The minimum Gasteiger partial charge on any atom is -0.337 e. The number of nitrogens with zero attached hydrogens (tertiary/aromatic N) is 3. The lowest BCUT2D eigenvalue weighted by Gasteiger charge is -2.22. The molecule has 3 rings (SSSR count). The van der Waals surface area contributed by atoms with E-state index in [-0.39, 0.29) is 12.1 Å². The Hall–Kier alpha value is -2.37. The molecule has 1 fully saturated rings. The van der Waals surface area contributed by atoms with Crippen molar-refractivity contribution in [2.75, 3.05) is 11.9 Å². The van der Waals surface area contributed by atoms with Crippen LogP contribution in [0.2, 0.25) is 0 Å². The molecule has 1 aromatic heterocycles. The summed E-state index contributed by atoms with van der Waals surface area (Å²) in [5.74, 6) is 1.11. The molecule has 0 radical (unpaired) electrons. The molecule has 0 spiro atoms. The van der Waals surface area contributed by atoms with Crippen LogP contribution < -0.4 is 5.32 Å². The molecule has 1 atom stereocenters. The number of hydrogen-bond donors (Lipinski definition) is 1. The summed E-state index contributed by atoms with van der Waals surface area (Å²) in [5.41, 5.74) is 1.91. The fourth-order valence-corrected chi connectivity index (χ4v) is 2.63. The number of anilines is 1. The van der Waals surface area contributed by atoms with Crippen LogP contribution in [-0.2, 0) is 0 Å². The number of hydrogen-bond acceptors (Lipinski definition) is 4. The maximum Gasteiger partial charge on any atom is 0.322 e. The molecule has 21 heavy (non-hydrogen) atoms. The van der Waals surface area contributed by atoms with E-state index in [1.165, 1.54) is 0 Å². The molecule has 0 aliphatic carbocycles. The van der Waals surface area contributed by atoms with Crippen molar-refractivity contribution >= 4 is 11.7 Å². The summed E-state index contributed by atoms with van der Waals surface area (Å²) in [4.78, 5) is 18.4. The Kier molecular flexibility index (Phi) is 3.60. The van der Waals surface area contributed by atoms with Crippen molar-refractivity contribution in [3.8, 4) is 0 Å². The van der Waals surface area contributed by atoms with E-state index in [2.05, 4.69) is 15.5 Å². The highest BCUT2D eigenvalue weighted by atomic mass is 16.5. The van der Waals surface area contributed by atoms with Gasteiger partial charge in [-0.05, 0) is 44.4 Å². The monoisotopic (exact) mass is 286 g/mol. The summed E-state index contributed by atoms with van der Waals surface area (Å²) in [6.45, 7) is 4.47. The van der Waals surface area contributed by atoms with Gasteiger partial charge in [0.2, 0.25) is 5.89 Å². The van der Waals surface area contributed by atoms with Crippen molar-refractivity contribution < 1.29 is 9.32 Å². The van der Waals surface area contributed by atoms with Gasteiger partial charge in [-0.3, -0.25) is 0 Å². The molecule has 0 saturated carbocycles.